The van der Waals surface area contributed by atoms with E-state index in [2.05, 4.69) is 10.6 Å². The minimum atomic E-state index is -0.668. The molecule has 0 spiro atoms. The van der Waals surface area contributed by atoms with E-state index in [4.69, 9.17) is 10.5 Å². The molecule has 2 rings (SSSR count). The van der Waals surface area contributed by atoms with Gasteiger partial charge in [-0.25, -0.2) is 4.79 Å². The average Bonchev–Trinajstić information content (AvgIpc) is 2.60. The van der Waals surface area contributed by atoms with Crippen LogP contribution in [-0.4, -0.2) is 30.3 Å². The first-order chi connectivity index (χ1) is 12.3. The van der Waals surface area contributed by atoms with E-state index in [1.54, 1.807) is 12.1 Å². The van der Waals surface area contributed by atoms with Gasteiger partial charge < -0.3 is 21.1 Å². The zero-order valence-electron chi connectivity index (χ0n) is 13.9. The molecule has 8 nitrogen and oxygen atoms in total. The van der Waals surface area contributed by atoms with E-state index < -0.39 is 24.4 Å². The largest absolute Gasteiger partial charge is 0.452 e. The van der Waals surface area contributed by atoms with Crippen LogP contribution in [0, 0.1) is 0 Å². The second-order valence-electron chi connectivity index (χ2n) is 5.32. The van der Waals surface area contributed by atoms with Crippen molar-refractivity contribution in [2.24, 2.45) is 5.73 Å². The first-order valence-electron chi connectivity index (χ1n) is 7.59. The van der Waals surface area contributed by atoms with Gasteiger partial charge in [-0.3, -0.25) is 14.4 Å². The fourth-order valence-electron chi connectivity index (χ4n) is 2.02. The van der Waals surface area contributed by atoms with Gasteiger partial charge in [0.2, 0.25) is 11.8 Å². The van der Waals surface area contributed by atoms with Crippen LogP contribution in [-0.2, 0) is 14.3 Å². The molecule has 0 aromatic heterocycles. The molecule has 4 N–H and O–H groups in total. The lowest BCUT2D eigenvalue weighted by Gasteiger charge is -2.08. The third-order valence-corrected chi connectivity index (χ3v) is 3.23. The van der Waals surface area contributed by atoms with Crippen molar-refractivity contribution in [3.05, 3.63) is 59.7 Å². The Morgan fingerprint density at radius 2 is 1.35 bits per heavy atom. The molecular formula is C18H17N3O5. The minimum absolute atomic E-state index is 0.221. The Kier molecular flexibility index (Phi) is 6.05. The number of benzene rings is 2. The van der Waals surface area contributed by atoms with E-state index >= 15 is 0 Å². The second kappa shape index (κ2) is 8.43. The summed E-state index contributed by atoms with van der Waals surface area (Å²) in [4.78, 5) is 45.6. The number of hydrogen-bond acceptors (Lipinski definition) is 5. The van der Waals surface area contributed by atoms with Gasteiger partial charge in [-0.1, -0.05) is 0 Å². The van der Waals surface area contributed by atoms with Crippen LogP contribution in [0.2, 0.25) is 0 Å². The standard InChI is InChI=1S/C18H17N3O5/c1-11(22)20-14-8-4-13(5-9-14)18(25)26-10-16(23)21-15-6-2-12(3-7-15)17(19)24/h2-9H,10H2,1H3,(H2,19,24)(H,20,22)(H,21,23). The Morgan fingerprint density at radius 1 is 0.846 bits per heavy atom. The van der Waals surface area contributed by atoms with Crippen LogP contribution in [0.3, 0.4) is 0 Å². The third kappa shape index (κ3) is 5.45. The van der Waals surface area contributed by atoms with Crippen molar-refractivity contribution in [2.75, 3.05) is 17.2 Å². The zero-order chi connectivity index (χ0) is 19.1. The summed E-state index contributed by atoms with van der Waals surface area (Å²) >= 11 is 0. The molecule has 2 aromatic carbocycles. The predicted octanol–water partition coefficient (Wildman–Crippen LogP) is 1.54. The highest BCUT2D eigenvalue weighted by Gasteiger charge is 2.11. The number of nitrogens with two attached hydrogens (primary N) is 1. The van der Waals surface area contributed by atoms with Gasteiger partial charge in [0.1, 0.15) is 0 Å². The normalized spacial score (nSPS) is 9.88. The highest BCUT2D eigenvalue weighted by atomic mass is 16.5. The lowest BCUT2D eigenvalue weighted by atomic mass is 10.2. The number of hydrogen-bond donors (Lipinski definition) is 3. The van der Waals surface area contributed by atoms with Crippen LogP contribution in [0.25, 0.3) is 0 Å². The Bertz CT molecular complexity index is 829. The van der Waals surface area contributed by atoms with Crippen LogP contribution in [0.1, 0.15) is 27.6 Å². The fraction of sp³-hybridized carbons (Fsp3) is 0.111. The van der Waals surface area contributed by atoms with Gasteiger partial charge in [-0.05, 0) is 48.5 Å². The van der Waals surface area contributed by atoms with Gasteiger partial charge in [0, 0.05) is 23.9 Å². The third-order valence-electron chi connectivity index (χ3n) is 3.23. The molecule has 0 bridgehead atoms. The minimum Gasteiger partial charge on any atom is -0.452 e. The number of esters is 1. The fourth-order valence-corrected chi connectivity index (χ4v) is 2.02. The monoisotopic (exact) mass is 355 g/mol. The van der Waals surface area contributed by atoms with Gasteiger partial charge in [0.15, 0.2) is 6.61 Å². The summed E-state index contributed by atoms with van der Waals surface area (Å²) in [5.74, 6) is -1.99. The van der Waals surface area contributed by atoms with Gasteiger partial charge in [0.05, 0.1) is 5.56 Å². The van der Waals surface area contributed by atoms with Crippen LogP contribution < -0.4 is 16.4 Å². The van der Waals surface area contributed by atoms with Crippen molar-refractivity contribution in [2.45, 2.75) is 6.92 Å². The van der Waals surface area contributed by atoms with E-state index in [0.717, 1.165) is 0 Å². The lowest BCUT2D eigenvalue weighted by Crippen LogP contribution is -2.21. The van der Waals surface area contributed by atoms with E-state index in [-0.39, 0.29) is 11.5 Å². The molecule has 8 heteroatoms. The van der Waals surface area contributed by atoms with Crippen LogP contribution in [0.4, 0.5) is 11.4 Å². The molecule has 0 aliphatic rings. The van der Waals surface area contributed by atoms with Gasteiger partial charge in [-0.2, -0.15) is 0 Å². The molecule has 0 heterocycles. The summed E-state index contributed by atoms with van der Waals surface area (Å²) in [5.41, 5.74) is 6.68. The SMILES string of the molecule is CC(=O)Nc1ccc(C(=O)OCC(=O)Nc2ccc(C(N)=O)cc2)cc1. The number of nitrogens with one attached hydrogen (secondary N) is 2. The molecule has 134 valence electrons. The Balaban J connectivity index is 1.85. The van der Waals surface area contributed by atoms with Gasteiger partial charge in [0.25, 0.3) is 5.91 Å². The number of primary amides is 1. The lowest BCUT2D eigenvalue weighted by molar-refractivity contribution is -0.119. The van der Waals surface area contributed by atoms with Crippen molar-refractivity contribution < 1.29 is 23.9 Å². The molecule has 0 saturated carbocycles. The maximum absolute atomic E-state index is 11.9. The first kappa shape index (κ1) is 18.7. The summed E-state index contributed by atoms with van der Waals surface area (Å²) in [6.07, 6.45) is 0. The molecule has 0 aliphatic carbocycles. The number of ether oxygens (including phenoxy) is 1. The number of carbonyl (C=O) groups excluding carboxylic acids is 4. The average molecular weight is 355 g/mol. The van der Waals surface area contributed by atoms with Crippen molar-refractivity contribution >= 4 is 35.1 Å². The summed E-state index contributed by atoms with van der Waals surface area (Å²) in [6.45, 7) is 0.909. The molecule has 0 aliphatic heterocycles. The molecule has 0 atom stereocenters. The Morgan fingerprint density at radius 3 is 1.85 bits per heavy atom. The molecule has 3 amide bonds. The predicted molar refractivity (Wildman–Crippen MR) is 94.6 cm³/mol. The first-order valence-corrected chi connectivity index (χ1v) is 7.59. The van der Waals surface area contributed by atoms with E-state index in [9.17, 15) is 19.2 Å². The van der Waals surface area contributed by atoms with Crippen molar-refractivity contribution in [1.82, 2.24) is 0 Å². The topological polar surface area (TPSA) is 128 Å². The summed E-state index contributed by atoms with van der Waals surface area (Å²) in [6, 6.07) is 12.0. The van der Waals surface area contributed by atoms with Crippen LogP contribution >= 0.6 is 0 Å². The zero-order valence-corrected chi connectivity index (χ0v) is 13.9. The van der Waals surface area contributed by atoms with Crippen molar-refractivity contribution in [3.63, 3.8) is 0 Å². The van der Waals surface area contributed by atoms with Crippen LogP contribution in [0.5, 0.6) is 0 Å². The van der Waals surface area contributed by atoms with E-state index in [1.807, 2.05) is 0 Å². The molecule has 0 unspecified atom stereocenters. The van der Waals surface area contributed by atoms with Crippen molar-refractivity contribution in [1.29, 1.82) is 0 Å². The number of carbonyl (C=O) groups is 4. The van der Waals surface area contributed by atoms with Crippen LogP contribution in [0.15, 0.2) is 48.5 Å². The van der Waals surface area contributed by atoms with E-state index in [0.29, 0.717) is 16.9 Å². The summed E-state index contributed by atoms with van der Waals surface area (Å²) < 4.78 is 4.93. The van der Waals surface area contributed by atoms with Gasteiger partial charge in [-0.15, -0.1) is 0 Å². The van der Waals surface area contributed by atoms with E-state index in [1.165, 1.54) is 43.3 Å². The summed E-state index contributed by atoms with van der Waals surface area (Å²) in [7, 11) is 0. The molecule has 2 aromatic rings. The quantitative estimate of drug-likeness (QED) is 0.677. The second-order valence-corrected chi connectivity index (χ2v) is 5.32. The van der Waals surface area contributed by atoms with Crippen molar-refractivity contribution in [3.8, 4) is 0 Å². The highest BCUT2D eigenvalue weighted by molar-refractivity contribution is 5.97. The number of anilines is 2. The number of amides is 3. The molecular weight excluding hydrogens is 338 g/mol. The maximum Gasteiger partial charge on any atom is 0.338 e. The Labute approximate surface area is 149 Å². The molecule has 0 saturated heterocycles. The maximum atomic E-state index is 11.9. The summed E-state index contributed by atoms with van der Waals surface area (Å²) in [5, 5.41) is 5.11. The molecule has 0 radical (unpaired) electrons. The van der Waals surface area contributed by atoms with Gasteiger partial charge >= 0.3 is 5.97 Å². The molecule has 0 fully saturated rings. The Hall–Kier alpha value is -3.68. The number of rotatable bonds is 6. The molecule has 26 heavy (non-hydrogen) atoms. The highest BCUT2D eigenvalue weighted by Crippen LogP contribution is 2.11. The smallest absolute Gasteiger partial charge is 0.338 e.